The van der Waals surface area contributed by atoms with Crippen LogP contribution in [0.25, 0.3) is 16.7 Å². The maximum Gasteiger partial charge on any atom is 0.416 e. The van der Waals surface area contributed by atoms with E-state index in [1.807, 2.05) is 35.9 Å². The largest absolute Gasteiger partial charge is 0.416 e. The molecule has 0 bridgehead atoms. The molecular weight excluding hydrogens is 265 g/mol. The zero-order valence-electron chi connectivity index (χ0n) is 10.6. The third-order valence-corrected chi connectivity index (χ3v) is 3.19. The number of nitrogens with zero attached hydrogens (tertiary/aromatic N) is 2. The summed E-state index contributed by atoms with van der Waals surface area (Å²) in [5.41, 5.74) is 1.86. The molecule has 0 aliphatic carbocycles. The van der Waals surface area contributed by atoms with Crippen LogP contribution in [0.3, 0.4) is 0 Å². The van der Waals surface area contributed by atoms with Gasteiger partial charge in [-0.05, 0) is 0 Å². The maximum absolute atomic E-state index is 12.6. The summed E-state index contributed by atoms with van der Waals surface area (Å²) in [4.78, 5) is 0. The van der Waals surface area contributed by atoms with Crippen LogP contribution in [-0.4, -0.2) is 4.57 Å². The fourth-order valence-corrected chi connectivity index (χ4v) is 2.19. The Morgan fingerprint density at radius 3 is 2.30 bits per heavy atom. The highest BCUT2D eigenvalue weighted by Crippen LogP contribution is 2.29. The highest BCUT2D eigenvalue weighted by atomic mass is 19.4. The van der Waals surface area contributed by atoms with Crippen molar-refractivity contribution in [3.63, 3.8) is 0 Å². The Morgan fingerprint density at radius 1 is 1.00 bits per heavy atom. The van der Waals surface area contributed by atoms with E-state index in [1.165, 1.54) is 12.1 Å². The van der Waals surface area contributed by atoms with Crippen molar-refractivity contribution >= 4 is 11.0 Å². The molecule has 0 unspecified atom stereocenters. The van der Waals surface area contributed by atoms with E-state index in [4.69, 9.17) is 0 Å². The lowest BCUT2D eigenvalue weighted by Gasteiger charge is -2.09. The molecule has 0 N–H and O–H groups in total. The van der Waals surface area contributed by atoms with Gasteiger partial charge in [-0.2, -0.15) is 13.2 Å². The van der Waals surface area contributed by atoms with E-state index >= 15 is 0 Å². The molecule has 0 amide bonds. The van der Waals surface area contributed by atoms with Crippen molar-refractivity contribution in [3.8, 4) is 5.69 Å². The summed E-state index contributed by atoms with van der Waals surface area (Å²) in [5.74, 6) is 0. The normalized spacial score (nSPS) is 12.0. The minimum atomic E-state index is -4.31. The van der Waals surface area contributed by atoms with Crippen LogP contribution in [0.4, 0.5) is 13.2 Å². The van der Waals surface area contributed by atoms with Gasteiger partial charge in [-0.15, -0.1) is 0 Å². The van der Waals surface area contributed by atoms with E-state index in [9.17, 15) is 13.2 Å². The number of rotatable bonds is 1. The van der Waals surface area contributed by atoms with E-state index in [-0.39, 0.29) is 0 Å². The number of benzene rings is 2. The van der Waals surface area contributed by atoms with Gasteiger partial charge in [-0.25, -0.2) is 0 Å². The van der Waals surface area contributed by atoms with Crippen LogP contribution in [0, 0.1) is 6.33 Å². The number of para-hydroxylation sites is 2. The third kappa shape index (κ3) is 2.05. The van der Waals surface area contributed by atoms with Crippen LogP contribution in [0.15, 0.2) is 48.5 Å². The Hall–Kier alpha value is -2.30. The van der Waals surface area contributed by atoms with Gasteiger partial charge in [0.15, 0.2) is 0 Å². The van der Waals surface area contributed by atoms with Gasteiger partial charge in [0.25, 0.3) is 0 Å². The number of imidazole rings is 1. The average Bonchev–Trinajstić information content (AvgIpc) is 2.76. The number of hydrogen-bond acceptors (Lipinski definition) is 0. The molecule has 5 heteroatoms. The summed E-state index contributed by atoms with van der Waals surface area (Å²) >= 11 is 0. The van der Waals surface area contributed by atoms with Gasteiger partial charge >= 0.3 is 6.18 Å². The van der Waals surface area contributed by atoms with E-state index in [0.717, 1.165) is 23.2 Å². The Bertz CT molecular complexity index is 755. The lowest BCUT2D eigenvalue weighted by atomic mass is 10.2. The number of alkyl halides is 3. The Kier molecular flexibility index (Phi) is 2.78. The lowest BCUT2D eigenvalue weighted by molar-refractivity contribution is -0.649. The second kappa shape index (κ2) is 4.37. The van der Waals surface area contributed by atoms with Gasteiger partial charge < -0.3 is 9.13 Å². The first-order valence-electron chi connectivity index (χ1n) is 6.03. The van der Waals surface area contributed by atoms with Gasteiger partial charge in [-0.3, -0.25) is 0 Å². The van der Waals surface area contributed by atoms with Crippen molar-refractivity contribution in [2.75, 3.05) is 0 Å². The van der Waals surface area contributed by atoms with Gasteiger partial charge in [0, 0.05) is 0 Å². The molecule has 3 aromatic rings. The number of fused-ring (bicyclic) bond motifs is 1. The summed E-state index contributed by atoms with van der Waals surface area (Å²) in [6.07, 6.45) is -1.23. The minimum Gasteiger partial charge on any atom is -0.319 e. The maximum atomic E-state index is 12.6. The second-order valence-corrected chi connectivity index (χ2v) is 4.53. The molecule has 102 valence electrons. The van der Waals surface area contributed by atoms with Crippen molar-refractivity contribution < 1.29 is 17.7 Å². The monoisotopic (exact) mass is 276 g/mol. The predicted molar refractivity (Wildman–Crippen MR) is 68.3 cm³/mol. The molecule has 0 radical (unpaired) electrons. The Labute approximate surface area is 113 Å². The quantitative estimate of drug-likeness (QED) is 0.476. The van der Waals surface area contributed by atoms with Crippen LogP contribution in [0.2, 0.25) is 0 Å². The summed E-state index contributed by atoms with van der Waals surface area (Å²) in [7, 11) is 1.85. The van der Waals surface area contributed by atoms with E-state index in [2.05, 4.69) is 6.33 Å². The van der Waals surface area contributed by atoms with Crippen LogP contribution in [0.5, 0.6) is 0 Å². The average molecular weight is 276 g/mol. The number of aryl methyl sites for hydroxylation is 1. The first-order chi connectivity index (χ1) is 9.47. The standard InChI is InChI=1S/C15H11F3N2/c1-19-10-20(14-5-3-2-4-13(14)19)12-8-6-11(7-9-12)15(16,17)18/h2-9H,1H3. The smallest absolute Gasteiger partial charge is 0.319 e. The molecule has 0 aliphatic rings. The predicted octanol–water partition coefficient (Wildman–Crippen LogP) is 3.27. The van der Waals surface area contributed by atoms with Gasteiger partial charge in [-0.1, -0.05) is 48.5 Å². The molecule has 20 heavy (non-hydrogen) atoms. The van der Waals surface area contributed by atoms with Crippen molar-refractivity contribution in [2.24, 2.45) is 7.05 Å². The molecule has 0 fully saturated rings. The molecule has 0 saturated heterocycles. The molecule has 2 nitrogen and oxygen atoms in total. The molecule has 1 heterocycles. The van der Waals surface area contributed by atoms with E-state index in [0.29, 0.717) is 5.69 Å². The summed E-state index contributed by atoms with van der Waals surface area (Å²) in [5, 5.41) is 0. The zero-order chi connectivity index (χ0) is 14.3. The van der Waals surface area contributed by atoms with E-state index < -0.39 is 11.7 Å². The highest BCUT2D eigenvalue weighted by Gasteiger charge is 2.29. The van der Waals surface area contributed by atoms with Crippen LogP contribution < -0.4 is 4.57 Å². The van der Waals surface area contributed by atoms with Crippen molar-refractivity contribution in [1.29, 1.82) is 0 Å². The summed E-state index contributed by atoms with van der Waals surface area (Å²) < 4.78 is 41.2. The third-order valence-electron chi connectivity index (χ3n) is 3.19. The topological polar surface area (TPSA) is 8.81 Å². The second-order valence-electron chi connectivity index (χ2n) is 4.53. The molecule has 1 aromatic heterocycles. The fourth-order valence-electron chi connectivity index (χ4n) is 2.19. The first-order valence-corrected chi connectivity index (χ1v) is 6.03. The number of hydrogen-bond donors (Lipinski definition) is 0. The van der Waals surface area contributed by atoms with Crippen LogP contribution in [-0.2, 0) is 13.2 Å². The van der Waals surface area contributed by atoms with Crippen molar-refractivity contribution in [2.45, 2.75) is 6.18 Å². The fraction of sp³-hybridized carbons (Fsp3) is 0.133. The lowest BCUT2D eigenvalue weighted by Crippen LogP contribution is -2.26. The Morgan fingerprint density at radius 2 is 1.65 bits per heavy atom. The van der Waals surface area contributed by atoms with E-state index in [1.54, 1.807) is 4.57 Å². The molecule has 0 atom stereocenters. The van der Waals surface area contributed by atoms with Crippen LogP contribution in [0.1, 0.15) is 5.56 Å². The molecule has 0 spiro atoms. The SMILES string of the molecule is C[n+]1[c-]n(-c2ccc(C(F)(F)F)cc2)c2ccccc21. The van der Waals surface area contributed by atoms with Gasteiger partial charge in [0.1, 0.15) is 0 Å². The minimum absolute atomic E-state index is 0.648. The molecular formula is C15H11F3N2. The molecule has 3 rings (SSSR count). The first kappa shape index (κ1) is 12.7. The summed E-state index contributed by atoms with van der Waals surface area (Å²) in [6, 6.07) is 12.7. The number of halogens is 3. The van der Waals surface area contributed by atoms with Crippen molar-refractivity contribution in [1.82, 2.24) is 4.57 Å². The zero-order valence-corrected chi connectivity index (χ0v) is 10.6. The van der Waals surface area contributed by atoms with Crippen LogP contribution >= 0.6 is 0 Å². The summed E-state index contributed by atoms with van der Waals surface area (Å²) in [6.45, 7) is 0. The molecule has 0 aliphatic heterocycles. The van der Waals surface area contributed by atoms with Crippen molar-refractivity contribution in [3.05, 3.63) is 60.4 Å². The van der Waals surface area contributed by atoms with Gasteiger partial charge in [0.05, 0.1) is 29.3 Å². The molecule has 0 saturated carbocycles. The molecule has 2 aromatic carbocycles. The number of aromatic nitrogens is 2. The highest BCUT2D eigenvalue weighted by molar-refractivity contribution is 5.73. The Balaban J connectivity index is 2.12. The van der Waals surface area contributed by atoms with Gasteiger partial charge in [0.2, 0.25) is 6.33 Å².